The Labute approximate surface area is 85.7 Å². The molecule has 0 aliphatic heterocycles. The number of nitrogens with two attached hydrogens (primary N) is 1. The molecule has 0 bridgehead atoms. The Morgan fingerprint density at radius 3 is 2.87 bits per heavy atom. The molecule has 0 spiro atoms. The zero-order valence-electron chi connectivity index (χ0n) is 7.78. The third-order valence-electron chi connectivity index (χ3n) is 1.92. The maximum Gasteiger partial charge on any atom is 0.171 e. The molecular formula is C9H9N5O. The zero-order valence-corrected chi connectivity index (χ0v) is 7.78. The van der Waals surface area contributed by atoms with Crippen molar-refractivity contribution < 1.29 is 5.21 Å². The van der Waals surface area contributed by atoms with Crippen molar-refractivity contribution in [3.8, 4) is 5.82 Å². The van der Waals surface area contributed by atoms with Gasteiger partial charge in [-0.15, -0.1) is 0 Å². The van der Waals surface area contributed by atoms with Crippen molar-refractivity contribution in [1.82, 2.24) is 14.5 Å². The summed E-state index contributed by atoms with van der Waals surface area (Å²) < 4.78 is 1.76. The molecular weight excluding hydrogens is 194 g/mol. The maximum atomic E-state index is 8.46. The van der Waals surface area contributed by atoms with Crippen molar-refractivity contribution in [1.29, 1.82) is 0 Å². The molecule has 0 radical (unpaired) electrons. The van der Waals surface area contributed by atoms with E-state index in [4.69, 9.17) is 10.9 Å². The van der Waals surface area contributed by atoms with Gasteiger partial charge in [-0.2, -0.15) is 0 Å². The van der Waals surface area contributed by atoms with Crippen LogP contribution < -0.4 is 5.73 Å². The fraction of sp³-hybridized carbons (Fsp3) is 0. The topological polar surface area (TPSA) is 89.3 Å². The van der Waals surface area contributed by atoms with Gasteiger partial charge in [0.25, 0.3) is 0 Å². The standard InChI is InChI=1S/C9H9N5O/c10-9(13-15)7-1-2-8(12-5-7)14-4-3-11-6-14/h1-6,15H,(H2,10,13). The van der Waals surface area contributed by atoms with Crippen LogP contribution in [0.25, 0.3) is 5.82 Å². The van der Waals surface area contributed by atoms with E-state index in [9.17, 15) is 0 Å². The number of oxime groups is 1. The lowest BCUT2D eigenvalue weighted by Crippen LogP contribution is -2.13. The first kappa shape index (κ1) is 9.20. The van der Waals surface area contributed by atoms with Gasteiger partial charge in [0.05, 0.1) is 0 Å². The molecule has 6 heteroatoms. The second-order valence-electron chi connectivity index (χ2n) is 2.86. The average Bonchev–Trinajstić information content (AvgIpc) is 2.82. The molecule has 0 saturated heterocycles. The molecule has 2 heterocycles. The molecule has 15 heavy (non-hydrogen) atoms. The zero-order chi connectivity index (χ0) is 10.7. The minimum Gasteiger partial charge on any atom is -0.409 e. The third kappa shape index (κ3) is 1.78. The van der Waals surface area contributed by atoms with E-state index in [1.54, 1.807) is 35.4 Å². The van der Waals surface area contributed by atoms with Crippen LogP contribution in [0.15, 0.2) is 42.2 Å². The molecule has 2 rings (SSSR count). The van der Waals surface area contributed by atoms with Gasteiger partial charge in [-0.1, -0.05) is 5.16 Å². The normalized spacial score (nSPS) is 11.6. The minimum atomic E-state index is 0.0414. The van der Waals surface area contributed by atoms with Crippen LogP contribution >= 0.6 is 0 Å². The van der Waals surface area contributed by atoms with E-state index in [0.29, 0.717) is 5.56 Å². The van der Waals surface area contributed by atoms with Gasteiger partial charge >= 0.3 is 0 Å². The summed E-state index contributed by atoms with van der Waals surface area (Å²) in [7, 11) is 0. The molecule has 0 amide bonds. The second kappa shape index (κ2) is 3.79. The van der Waals surface area contributed by atoms with Gasteiger partial charge in [0.15, 0.2) is 5.84 Å². The number of nitrogens with zero attached hydrogens (tertiary/aromatic N) is 4. The third-order valence-corrected chi connectivity index (χ3v) is 1.92. The van der Waals surface area contributed by atoms with Crippen molar-refractivity contribution in [2.24, 2.45) is 10.9 Å². The molecule has 0 unspecified atom stereocenters. The average molecular weight is 203 g/mol. The summed E-state index contributed by atoms with van der Waals surface area (Å²) in [5.41, 5.74) is 5.97. The lowest BCUT2D eigenvalue weighted by Gasteiger charge is -2.01. The van der Waals surface area contributed by atoms with Gasteiger partial charge in [0.1, 0.15) is 12.1 Å². The van der Waals surface area contributed by atoms with Crippen LogP contribution in [-0.4, -0.2) is 25.6 Å². The summed E-state index contributed by atoms with van der Waals surface area (Å²) >= 11 is 0. The molecule has 2 aromatic rings. The van der Waals surface area contributed by atoms with Gasteiger partial charge in [0.2, 0.25) is 0 Å². The van der Waals surface area contributed by atoms with E-state index in [1.807, 2.05) is 0 Å². The Morgan fingerprint density at radius 2 is 2.33 bits per heavy atom. The van der Waals surface area contributed by atoms with Crippen molar-refractivity contribution in [3.63, 3.8) is 0 Å². The summed E-state index contributed by atoms with van der Waals surface area (Å²) in [6.07, 6.45) is 6.63. The molecule has 0 fully saturated rings. The number of aromatic nitrogens is 3. The SMILES string of the molecule is NC(=NO)c1ccc(-n2ccnc2)nc1. The maximum absolute atomic E-state index is 8.46. The van der Waals surface area contributed by atoms with Gasteiger partial charge in [-0.3, -0.25) is 4.57 Å². The van der Waals surface area contributed by atoms with Crippen LogP contribution in [0, 0.1) is 0 Å². The van der Waals surface area contributed by atoms with Gasteiger partial charge in [-0.05, 0) is 12.1 Å². The van der Waals surface area contributed by atoms with Crippen molar-refractivity contribution in [2.45, 2.75) is 0 Å². The fourth-order valence-electron chi connectivity index (χ4n) is 1.14. The predicted octanol–water partition coefficient (Wildman–Crippen LogP) is 0.362. The highest BCUT2D eigenvalue weighted by atomic mass is 16.4. The van der Waals surface area contributed by atoms with Crippen molar-refractivity contribution >= 4 is 5.84 Å². The van der Waals surface area contributed by atoms with Crippen LogP contribution in [0.2, 0.25) is 0 Å². The van der Waals surface area contributed by atoms with Crippen LogP contribution in [0.1, 0.15) is 5.56 Å². The summed E-state index contributed by atoms with van der Waals surface area (Å²) in [5, 5.41) is 11.3. The summed E-state index contributed by atoms with van der Waals surface area (Å²) in [4.78, 5) is 8.05. The van der Waals surface area contributed by atoms with Crippen LogP contribution in [0.5, 0.6) is 0 Å². The van der Waals surface area contributed by atoms with E-state index in [2.05, 4.69) is 15.1 Å². The summed E-state index contributed by atoms with van der Waals surface area (Å²) in [6, 6.07) is 3.48. The molecule has 76 valence electrons. The second-order valence-corrected chi connectivity index (χ2v) is 2.86. The summed E-state index contributed by atoms with van der Waals surface area (Å²) in [6.45, 7) is 0. The first-order valence-electron chi connectivity index (χ1n) is 4.23. The molecule has 6 nitrogen and oxygen atoms in total. The molecule has 3 N–H and O–H groups in total. The fourth-order valence-corrected chi connectivity index (χ4v) is 1.14. The highest BCUT2D eigenvalue weighted by molar-refractivity contribution is 5.96. The lowest BCUT2D eigenvalue weighted by atomic mass is 10.2. The van der Waals surface area contributed by atoms with Gasteiger partial charge in [0, 0.05) is 24.2 Å². The Balaban J connectivity index is 2.33. The van der Waals surface area contributed by atoms with E-state index in [-0.39, 0.29) is 5.84 Å². The van der Waals surface area contributed by atoms with Crippen molar-refractivity contribution in [3.05, 3.63) is 42.6 Å². The number of hydrogen-bond donors (Lipinski definition) is 2. The monoisotopic (exact) mass is 203 g/mol. The Hall–Kier alpha value is -2.37. The highest BCUT2D eigenvalue weighted by Crippen LogP contribution is 2.04. The number of amidine groups is 1. The molecule has 0 aliphatic rings. The molecule has 0 aliphatic carbocycles. The van der Waals surface area contributed by atoms with Crippen LogP contribution in [0.4, 0.5) is 0 Å². The number of rotatable bonds is 2. The predicted molar refractivity (Wildman–Crippen MR) is 53.9 cm³/mol. The van der Waals surface area contributed by atoms with Crippen LogP contribution in [-0.2, 0) is 0 Å². The van der Waals surface area contributed by atoms with Crippen molar-refractivity contribution in [2.75, 3.05) is 0 Å². The molecule has 0 atom stereocenters. The smallest absolute Gasteiger partial charge is 0.171 e. The van der Waals surface area contributed by atoms with Crippen LogP contribution in [0.3, 0.4) is 0 Å². The minimum absolute atomic E-state index is 0.0414. The van der Waals surface area contributed by atoms with Gasteiger partial charge in [-0.25, -0.2) is 9.97 Å². The molecule has 0 saturated carbocycles. The Morgan fingerprint density at radius 1 is 1.47 bits per heavy atom. The summed E-state index contributed by atoms with van der Waals surface area (Å²) in [5.74, 6) is 0.765. The van der Waals surface area contributed by atoms with E-state index in [1.165, 1.54) is 6.20 Å². The van der Waals surface area contributed by atoms with E-state index in [0.717, 1.165) is 5.82 Å². The number of imidazole rings is 1. The van der Waals surface area contributed by atoms with Gasteiger partial charge < -0.3 is 10.9 Å². The Kier molecular flexibility index (Phi) is 2.32. The first-order valence-corrected chi connectivity index (χ1v) is 4.23. The molecule has 0 aromatic carbocycles. The molecule has 2 aromatic heterocycles. The van der Waals surface area contributed by atoms with E-state index >= 15 is 0 Å². The quantitative estimate of drug-likeness (QED) is 0.319. The highest BCUT2D eigenvalue weighted by Gasteiger charge is 2.00. The largest absolute Gasteiger partial charge is 0.409 e. The Bertz CT molecular complexity index is 460. The number of pyridine rings is 1. The first-order chi connectivity index (χ1) is 7.31. The number of hydrogen-bond acceptors (Lipinski definition) is 4. The van der Waals surface area contributed by atoms with E-state index < -0.39 is 0 Å². The lowest BCUT2D eigenvalue weighted by molar-refractivity contribution is 0.318.